The Labute approximate surface area is 253 Å². The van der Waals surface area contributed by atoms with Gasteiger partial charge in [0.15, 0.2) is 11.6 Å². The van der Waals surface area contributed by atoms with Crippen LogP contribution >= 0.6 is 34.9 Å². The van der Waals surface area contributed by atoms with Crippen molar-refractivity contribution in [2.75, 3.05) is 6.54 Å². The van der Waals surface area contributed by atoms with Crippen molar-refractivity contribution in [3.8, 4) is 0 Å². The normalized spacial score (nSPS) is 13.3. The zero-order valence-corrected chi connectivity index (χ0v) is 26.8. The third-order valence-corrected chi connectivity index (χ3v) is 8.91. The van der Waals surface area contributed by atoms with Crippen LogP contribution in [0.2, 0.25) is 5.02 Å². The molecule has 0 aliphatic heterocycles. The maximum absolute atomic E-state index is 12.3. The van der Waals surface area contributed by atoms with Crippen LogP contribution in [0.1, 0.15) is 76.9 Å². The molecule has 2 aromatic carbocycles. The van der Waals surface area contributed by atoms with E-state index in [2.05, 4.69) is 30.8 Å². The fraction of sp³-hybridized carbons (Fsp3) is 0.469. The van der Waals surface area contributed by atoms with E-state index in [4.69, 9.17) is 11.6 Å². The summed E-state index contributed by atoms with van der Waals surface area (Å²) in [6, 6.07) is 17.0. The van der Waals surface area contributed by atoms with Crippen LogP contribution < -0.4 is 10.0 Å². The van der Waals surface area contributed by atoms with Crippen LogP contribution in [0.15, 0.2) is 59.5 Å². The number of amides is 1. The number of carbonyl (C=O) groups excluding carboxylic acids is 3. The van der Waals surface area contributed by atoms with Gasteiger partial charge in [-0.05, 0) is 85.3 Å². The minimum absolute atomic E-state index is 0.00756. The summed E-state index contributed by atoms with van der Waals surface area (Å²) in [6.45, 7) is 12.5. The molecule has 0 aliphatic rings. The highest BCUT2D eigenvalue weighted by molar-refractivity contribution is 7.97. The Balaban J connectivity index is 0.000000280. The topological polar surface area (TPSA) is 75.3 Å². The van der Waals surface area contributed by atoms with Gasteiger partial charge in [0.1, 0.15) is 0 Å². The van der Waals surface area contributed by atoms with Gasteiger partial charge in [-0.3, -0.25) is 19.1 Å². The Hall–Kier alpha value is -2.19. The smallest absolute Gasteiger partial charge is 0.261 e. The van der Waals surface area contributed by atoms with E-state index in [0.29, 0.717) is 35.5 Å². The summed E-state index contributed by atoms with van der Waals surface area (Å²) in [5, 5.41) is 4.64. The zero-order valence-electron chi connectivity index (χ0n) is 24.5. The first-order valence-corrected chi connectivity index (χ1v) is 16.0. The van der Waals surface area contributed by atoms with E-state index in [0.717, 1.165) is 39.3 Å². The number of hydrogen-bond acceptors (Lipinski definition) is 6. The van der Waals surface area contributed by atoms with E-state index in [1.54, 1.807) is 0 Å². The standard InChI is InChI=1S/C16H24ClNOS.C16H19NO2S/c1-4-6-15(12(3)5-2)16(19)11-18-20-14-9-7-13(17)8-10-14;1-10(2)8-13(11(3)18)17-16(19)15-9-12-6-4-5-7-14(12)20-15/h7-10,12,15,18H,4-6,11H2,1-3H3;4-7,9-10,13H,8H2,1-3H3,(H,17,19). The highest BCUT2D eigenvalue weighted by Crippen LogP contribution is 2.25. The summed E-state index contributed by atoms with van der Waals surface area (Å²) in [5.74, 6) is 1.18. The van der Waals surface area contributed by atoms with Gasteiger partial charge in [0.05, 0.1) is 17.5 Å². The van der Waals surface area contributed by atoms with Gasteiger partial charge in [0.25, 0.3) is 5.91 Å². The average molecular weight is 603 g/mol. The molecule has 2 N–H and O–H groups in total. The zero-order chi connectivity index (χ0) is 29.7. The second kappa shape index (κ2) is 17.6. The van der Waals surface area contributed by atoms with Gasteiger partial charge in [-0.25, -0.2) is 0 Å². The molecule has 0 fully saturated rings. The molecule has 1 amide bonds. The quantitative estimate of drug-likeness (QED) is 0.181. The number of fused-ring (bicyclic) bond motifs is 1. The number of rotatable bonds is 14. The molecular weight excluding hydrogens is 560 g/mol. The van der Waals surface area contributed by atoms with Crippen molar-refractivity contribution < 1.29 is 14.4 Å². The number of halogens is 1. The first-order chi connectivity index (χ1) is 19.0. The lowest BCUT2D eigenvalue weighted by Crippen LogP contribution is -2.40. The number of carbonyl (C=O) groups is 3. The van der Waals surface area contributed by atoms with Gasteiger partial charge in [-0.2, -0.15) is 0 Å². The minimum Gasteiger partial charge on any atom is -0.342 e. The molecule has 0 bridgehead atoms. The molecule has 3 atom stereocenters. The summed E-state index contributed by atoms with van der Waals surface area (Å²) in [6.07, 6.45) is 3.78. The van der Waals surface area contributed by atoms with Crippen molar-refractivity contribution in [3.05, 3.63) is 64.5 Å². The predicted molar refractivity (Wildman–Crippen MR) is 171 cm³/mol. The molecule has 8 heteroatoms. The fourth-order valence-electron chi connectivity index (χ4n) is 4.30. The highest BCUT2D eigenvalue weighted by atomic mass is 35.5. The van der Waals surface area contributed by atoms with Crippen molar-refractivity contribution >= 4 is 62.4 Å². The van der Waals surface area contributed by atoms with E-state index in [1.165, 1.54) is 30.2 Å². The SMILES string of the molecule is CC(=O)C(CC(C)C)NC(=O)c1cc2ccccc2s1.CCCC(C(=O)CNSc1ccc(Cl)cc1)C(C)CC. The van der Waals surface area contributed by atoms with Crippen LogP contribution in [-0.4, -0.2) is 30.1 Å². The highest BCUT2D eigenvalue weighted by Gasteiger charge is 2.22. The number of benzene rings is 2. The second-order valence-corrected chi connectivity index (χ2v) is 13.0. The Morgan fingerprint density at radius 1 is 1.00 bits per heavy atom. The Bertz CT molecular complexity index is 1190. The molecule has 3 unspecified atom stereocenters. The third kappa shape index (κ3) is 11.4. The molecule has 0 saturated heterocycles. The van der Waals surface area contributed by atoms with E-state index in [-0.39, 0.29) is 17.6 Å². The lowest BCUT2D eigenvalue weighted by Gasteiger charge is -2.21. The molecule has 0 radical (unpaired) electrons. The fourth-order valence-corrected chi connectivity index (χ4v) is 6.05. The minimum atomic E-state index is -0.396. The molecule has 40 heavy (non-hydrogen) atoms. The molecule has 1 heterocycles. The average Bonchev–Trinajstić information content (AvgIpc) is 3.36. The molecule has 1 aromatic heterocycles. The van der Waals surface area contributed by atoms with E-state index < -0.39 is 6.04 Å². The van der Waals surface area contributed by atoms with Crippen molar-refractivity contribution in [1.82, 2.24) is 10.0 Å². The van der Waals surface area contributed by atoms with Crippen LogP contribution in [0.3, 0.4) is 0 Å². The molecular formula is C32H43ClN2O3S2. The molecule has 0 spiro atoms. The monoisotopic (exact) mass is 602 g/mol. The first kappa shape index (κ1) is 34.0. The summed E-state index contributed by atoms with van der Waals surface area (Å²) in [5.41, 5.74) is 0. The lowest BCUT2D eigenvalue weighted by atomic mass is 9.85. The van der Waals surface area contributed by atoms with Crippen LogP contribution in [0.5, 0.6) is 0 Å². The molecule has 0 aliphatic carbocycles. The van der Waals surface area contributed by atoms with Gasteiger partial charge >= 0.3 is 0 Å². The van der Waals surface area contributed by atoms with Gasteiger partial charge in [-0.1, -0.05) is 77.3 Å². The van der Waals surface area contributed by atoms with Gasteiger partial charge < -0.3 is 5.32 Å². The van der Waals surface area contributed by atoms with Crippen molar-refractivity contribution in [1.29, 1.82) is 0 Å². The number of ketones is 2. The molecule has 5 nitrogen and oxygen atoms in total. The van der Waals surface area contributed by atoms with Gasteiger partial charge in [-0.15, -0.1) is 11.3 Å². The van der Waals surface area contributed by atoms with Crippen molar-refractivity contribution in [2.24, 2.45) is 17.8 Å². The summed E-state index contributed by atoms with van der Waals surface area (Å²) in [4.78, 5) is 37.9. The first-order valence-electron chi connectivity index (χ1n) is 14.0. The Kier molecular flexibility index (Phi) is 15.0. The van der Waals surface area contributed by atoms with Crippen molar-refractivity contribution in [2.45, 2.75) is 78.2 Å². The molecule has 3 aromatic rings. The lowest BCUT2D eigenvalue weighted by molar-refractivity contribution is -0.123. The summed E-state index contributed by atoms with van der Waals surface area (Å²) >= 11 is 8.78. The van der Waals surface area contributed by atoms with Crippen LogP contribution in [0.4, 0.5) is 0 Å². The number of nitrogens with one attached hydrogen (secondary N) is 2. The maximum Gasteiger partial charge on any atom is 0.261 e. The van der Waals surface area contributed by atoms with Crippen LogP contribution in [0, 0.1) is 17.8 Å². The Morgan fingerprint density at radius 2 is 1.68 bits per heavy atom. The van der Waals surface area contributed by atoms with E-state index >= 15 is 0 Å². The molecule has 3 rings (SSSR count). The van der Waals surface area contributed by atoms with Crippen LogP contribution in [0.25, 0.3) is 10.1 Å². The van der Waals surface area contributed by atoms with Gasteiger partial charge in [0, 0.05) is 20.5 Å². The third-order valence-electron chi connectivity index (χ3n) is 6.75. The van der Waals surface area contributed by atoms with E-state index in [1.807, 2.05) is 68.4 Å². The molecule has 0 saturated carbocycles. The number of Topliss-reactive ketones (excluding diaryl/α,β-unsaturated/α-hetero) is 2. The van der Waals surface area contributed by atoms with Crippen molar-refractivity contribution in [3.63, 3.8) is 0 Å². The molecule has 218 valence electrons. The number of hydrogen-bond donors (Lipinski definition) is 2. The maximum atomic E-state index is 12.3. The summed E-state index contributed by atoms with van der Waals surface area (Å²) in [7, 11) is 0. The Morgan fingerprint density at radius 3 is 2.25 bits per heavy atom. The van der Waals surface area contributed by atoms with Gasteiger partial charge in [0.2, 0.25) is 0 Å². The predicted octanol–water partition coefficient (Wildman–Crippen LogP) is 8.60. The second-order valence-electron chi connectivity index (χ2n) is 10.5. The van der Waals surface area contributed by atoms with E-state index in [9.17, 15) is 14.4 Å². The summed E-state index contributed by atoms with van der Waals surface area (Å²) < 4.78 is 4.25. The van der Waals surface area contributed by atoms with Crippen LogP contribution in [-0.2, 0) is 9.59 Å². The largest absolute Gasteiger partial charge is 0.342 e. The number of thiophene rings is 1.